The van der Waals surface area contributed by atoms with Gasteiger partial charge in [-0.15, -0.1) is 0 Å². The highest BCUT2D eigenvalue weighted by Gasteiger charge is 2.42. The summed E-state index contributed by atoms with van der Waals surface area (Å²) in [6.45, 7) is 5.18. The van der Waals surface area contributed by atoms with Gasteiger partial charge >= 0.3 is 0 Å². The molecule has 0 spiro atoms. The van der Waals surface area contributed by atoms with Gasteiger partial charge in [0, 0.05) is 12.3 Å². The number of hydrogen-bond acceptors (Lipinski definition) is 4. The summed E-state index contributed by atoms with van der Waals surface area (Å²) < 4.78 is 7.67. The minimum absolute atomic E-state index is 0.0139. The van der Waals surface area contributed by atoms with E-state index in [2.05, 4.69) is 5.32 Å². The van der Waals surface area contributed by atoms with Crippen LogP contribution in [-0.2, 0) is 14.3 Å². The highest BCUT2D eigenvalue weighted by molar-refractivity contribution is 6.05. The molecule has 1 saturated heterocycles. The lowest BCUT2D eigenvalue weighted by molar-refractivity contribution is -0.124. The maximum atomic E-state index is 13.4. The number of nitrogens with one attached hydrogen (secondary N) is 1. The molecule has 2 unspecified atom stereocenters. The molecule has 2 atom stereocenters. The molecule has 5 rings (SSSR count). The van der Waals surface area contributed by atoms with Crippen molar-refractivity contribution in [1.29, 1.82) is 0 Å². The number of carbonyl (C=O) groups is 2. The summed E-state index contributed by atoms with van der Waals surface area (Å²) in [6, 6.07) is 13.0. The number of amides is 2. The molecule has 1 aromatic heterocycles. The van der Waals surface area contributed by atoms with E-state index < -0.39 is 6.04 Å². The summed E-state index contributed by atoms with van der Waals surface area (Å²) in [5, 5.41) is 2.98. The highest BCUT2D eigenvalue weighted by Crippen LogP contribution is 2.37. The quantitative estimate of drug-likeness (QED) is 0.685. The first-order valence-corrected chi connectivity index (χ1v) is 10.8. The van der Waals surface area contributed by atoms with Gasteiger partial charge in [0.05, 0.1) is 30.1 Å². The second kappa shape index (κ2) is 7.81. The molecule has 0 aliphatic carbocycles. The number of aryl methyl sites for hydroxylation is 2. The zero-order chi connectivity index (χ0) is 21.5. The Morgan fingerprint density at radius 1 is 1.23 bits per heavy atom. The van der Waals surface area contributed by atoms with Crippen LogP contribution in [-0.4, -0.2) is 40.6 Å². The fraction of sp³-hybridized carbons (Fsp3) is 0.375. The van der Waals surface area contributed by atoms with Crippen molar-refractivity contribution in [3.8, 4) is 0 Å². The summed E-state index contributed by atoms with van der Waals surface area (Å²) in [5.74, 6) is 0.318. The number of anilines is 2. The van der Waals surface area contributed by atoms with Crippen LogP contribution in [0, 0.1) is 13.8 Å². The fourth-order valence-corrected chi connectivity index (χ4v) is 4.59. The number of fused-ring (bicyclic) bond motifs is 3. The summed E-state index contributed by atoms with van der Waals surface area (Å²) in [5.41, 5.74) is 4.60. The van der Waals surface area contributed by atoms with Crippen molar-refractivity contribution in [3.05, 3.63) is 53.6 Å². The van der Waals surface area contributed by atoms with E-state index in [9.17, 15) is 9.59 Å². The molecule has 2 amide bonds. The second-order valence-corrected chi connectivity index (χ2v) is 8.44. The monoisotopic (exact) mass is 418 g/mol. The van der Waals surface area contributed by atoms with Crippen LogP contribution < -0.4 is 10.2 Å². The van der Waals surface area contributed by atoms with Crippen molar-refractivity contribution in [2.75, 3.05) is 23.4 Å². The van der Waals surface area contributed by atoms with E-state index in [0.29, 0.717) is 12.5 Å². The molecule has 160 valence electrons. The number of rotatable bonds is 5. The van der Waals surface area contributed by atoms with E-state index in [0.717, 1.165) is 47.3 Å². The second-order valence-electron chi connectivity index (χ2n) is 8.44. The predicted molar refractivity (Wildman–Crippen MR) is 119 cm³/mol. The largest absolute Gasteiger partial charge is 0.376 e. The van der Waals surface area contributed by atoms with E-state index in [1.807, 2.05) is 60.9 Å². The van der Waals surface area contributed by atoms with Crippen LogP contribution in [0.25, 0.3) is 11.0 Å². The number of carbonyl (C=O) groups excluding carboxylic acids is 2. The summed E-state index contributed by atoms with van der Waals surface area (Å²) in [4.78, 5) is 32.7. The Hall–Kier alpha value is -3.19. The molecule has 0 saturated carbocycles. The molecule has 0 radical (unpaired) electrons. The summed E-state index contributed by atoms with van der Waals surface area (Å²) >= 11 is 0. The number of imidazole rings is 1. The third-order valence-electron chi connectivity index (χ3n) is 6.13. The van der Waals surface area contributed by atoms with Crippen LogP contribution >= 0.6 is 0 Å². The van der Waals surface area contributed by atoms with E-state index in [-0.39, 0.29) is 24.3 Å². The Balaban J connectivity index is 1.44. The molecule has 3 aromatic rings. The van der Waals surface area contributed by atoms with E-state index in [4.69, 9.17) is 9.72 Å². The van der Waals surface area contributed by atoms with Crippen molar-refractivity contribution >= 4 is 34.5 Å². The van der Waals surface area contributed by atoms with Gasteiger partial charge in [0.1, 0.15) is 6.04 Å². The number of hydrogen-bond donors (Lipinski definition) is 1. The lowest BCUT2D eigenvalue weighted by atomic mass is 10.1. The third-order valence-corrected chi connectivity index (χ3v) is 6.13. The number of aromatic nitrogens is 2. The Kier molecular flexibility index (Phi) is 4.98. The minimum atomic E-state index is -0.616. The predicted octanol–water partition coefficient (Wildman–Crippen LogP) is 3.75. The lowest BCUT2D eigenvalue weighted by Crippen LogP contribution is -2.37. The zero-order valence-corrected chi connectivity index (χ0v) is 17.8. The van der Waals surface area contributed by atoms with Crippen molar-refractivity contribution < 1.29 is 14.3 Å². The standard InChI is InChI=1S/C24H26N4O3/c1-15-9-10-18(16(2)12-15)25-22(29)13-21-23(30)27(14-17-6-5-11-31-17)24-26-19-7-3-4-8-20(19)28(21)24/h3-4,7-10,12,17,21H,5-6,11,13-14H2,1-2H3,(H,25,29). The van der Waals surface area contributed by atoms with Crippen LogP contribution in [0.2, 0.25) is 0 Å². The van der Waals surface area contributed by atoms with Crippen LogP contribution in [0.4, 0.5) is 11.6 Å². The minimum Gasteiger partial charge on any atom is -0.376 e. The molecule has 7 heteroatoms. The van der Waals surface area contributed by atoms with Gasteiger partial charge in [-0.3, -0.25) is 19.1 Å². The molecule has 1 N–H and O–H groups in total. The maximum Gasteiger partial charge on any atom is 0.253 e. The summed E-state index contributed by atoms with van der Waals surface area (Å²) in [7, 11) is 0. The van der Waals surface area contributed by atoms with Crippen molar-refractivity contribution in [3.63, 3.8) is 0 Å². The van der Waals surface area contributed by atoms with Gasteiger partial charge in [-0.25, -0.2) is 4.98 Å². The van der Waals surface area contributed by atoms with E-state index >= 15 is 0 Å². The Morgan fingerprint density at radius 2 is 2.06 bits per heavy atom. The van der Waals surface area contributed by atoms with E-state index in [1.165, 1.54) is 0 Å². The molecule has 2 aromatic carbocycles. The maximum absolute atomic E-state index is 13.4. The Bertz CT molecular complexity index is 1160. The van der Waals surface area contributed by atoms with Gasteiger partial charge in [-0.2, -0.15) is 0 Å². The smallest absolute Gasteiger partial charge is 0.253 e. The van der Waals surface area contributed by atoms with Crippen LogP contribution in [0.15, 0.2) is 42.5 Å². The van der Waals surface area contributed by atoms with Gasteiger partial charge in [-0.1, -0.05) is 29.8 Å². The first kappa shape index (κ1) is 19.8. The van der Waals surface area contributed by atoms with Gasteiger partial charge < -0.3 is 10.1 Å². The van der Waals surface area contributed by atoms with Crippen LogP contribution in [0.1, 0.15) is 36.4 Å². The average Bonchev–Trinajstić information content (AvgIpc) is 3.44. The van der Waals surface area contributed by atoms with Crippen LogP contribution in [0.5, 0.6) is 0 Å². The number of nitrogens with zero attached hydrogens (tertiary/aromatic N) is 3. The normalized spacial score (nSPS) is 20.5. The zero-order valence-electron chi connectivity index (χ0n) is 17.8. The summed E-state index contributed by atoms with van der Waals surface area (Å²) in [6.07, 6.45) is 2.01. The van der Waals surface area contributed by atoms with Crippen molar-refractivity contribution in [2.24, 2.45) is 0 Å². The molecule has 1 fully saturated rings. The molecule has 7 nitrogen and oxygen atoms in total. The number of ether oxygens (including phenoxy) is 1. The number of benzene rings is 2. The molecule has 3 heterocycles. The molecular weight excluding hydrogens is 392 g/mol. The molecule has 0 bridgehead atoms. The van der Waals surface area contributed by atoms with Crippen molar-refractivity contribution in [1.82, 2.24) is 9.55 Å². The fourth-order valence-electron chi connectivity index (χ4n) is 4.59. The third kappa shape index (κ3) is 3.59. The average molecular weight is 418 g/mol. The Morgan fingerprint density at radius 3 is 2.84 bits per heavy atom. The van der Waals surface area contributed by atoms with Crippen molar-refractivity contribution in [2.45, 2.75) is 45.3 Å². The Labute approximate surface area is 181 Å². The lowest BCUT2D eigenvalue weighted by Gasteiger charge is -2.19. The molecular formula is C24H26N4O3. The molecule has 2 aliphatic heterocycles. The molecule has 31 heavy (non-hydrogen) atoms. The topological polar surface area (TPSA) is 76.5 Å². The van der Waals surface area contributed by atoms with Crippen LogP contribution in [0.3, 0.4) is 0 Å². The highest BCUT2D eigenvalue weighted by atomic mass is 16.5. The SMILES string of the molecule is Cc1ccc(NC(=O)CC2C(=O)N(CC3CCCO3)c3nc4ccccc4n32)c(C)c1. The van der Waals surface area contributed by atoms with E-state index in [1.54, 1.807) is 4.90 Å². The van der Waals surface area contributed by atoms with Gasteiger partial charge in [0.25, 0.3) is 5.91 Å². The first-order chi connectivity index (χ1) is 15.0. The van der Waals surface area contributed by atoms with Gasteiger partial charge in [0.15, 0.2) is 0 Å². The number of para-hydroxylation sites is 2. The van der Waals surface area contributed by atoms with Gasteiger partial charge in [0.2, 0.25) is 11.9 Å². The molecule has 2 aliphatic rings. The van der Waals surface area contributed by atoms with Gasteiger partial charge in [-0.05, 0) is 50.5 Å². The first-order valence-electron chi connectivity index (χ1n) is 10.8.